The second kappa shape index (κ2) is 3.82. The molecule has 0 spiro atoms. The molecule has 5 heteroatoms. The first-order valence-electron chi connectivity index (χ1n) is 4.40. The summed E-state index contributed by atoms with van der Waals surface area (Å²) >= 11 is 5.42. The highest BCUT2D eigenvalue weighted by Gasteiger charge is 2.17. The molecule has 0 fully saturated rings. The quantitative estimate of drug-likeness (QED) is 0.617. The zero-order valence-electron chi connectivity index (χ0n) is 8.07. The van der Waals surface area contributed by atoms with E-state index in [0.29, 0.717) is 5.56 Å². The molecular weight excluding hydrogens is 214 g/mol. The van der Waals surface area contributed by atoms with Gasteiger partial charge in [-0.05, 0) is 24.6 Å². The number of halogens is 1. The van der Waals surface area contributed by atoms with Crippen LogP contribution in [-0.4, -0.2) is 15.3 Å². The minimum absolute atomic E-state index is 0.466. The van der Waals surface area contributed by atoms with E-state index in [-0.39, 0.29) is 0 Å². The van der Waals surface area contributed by atoms with Gasteiger partial charge in [-0.15, -0.1) is 0 Å². The summed E-state index contributed by atoms with van der Waals surface area (Å²) < 4.78 is 1.71. The number of aromatic nitrogens is 3. The molecule has 2 aromatic rings. The highest BCUT2D eigenvalue weighted by molar-refractivity contribution is 6.67. The summed E-state index contributed by atoms with van der Waals surface area (Å²) in [5.41, 5.74) is 2.06. The molecule has 2 rings (SSSR count). The van der Waals surface area contributed by atoms with Crippen molar-refractivity contribution in [2.75, 3.05) is 0 Å². The van der Waals surface area contributed by atoms with Crippen molar-refractivity contribution in [3.05, 3.63) is 42.0 Å². The van der Waals surface area contributed by atoms with Crippen LogP contribution in [0.2, 0.25) is 0 Å². The Morgan fingerprint density at radius 2 is 2.40 bits per heavy atom. The zero-order chi connectivity index (χ0) is 10.8. The molecule has 76 valence electrons. The van der Waals surface area contributed by atoms with Crippen molar-refractivity contribution in [3.63, 3.8) is 0 Å². The van der Waals surface area contributed by atoms with Crippen LogP contribution >= 0.6 is 11.6 Å². The molecule has 4 nitrogen and oxygen atoms in total. The molecule has 0 aliphatic carbocycles. The summed E-state index contributed by atoms with van der Waals surface area (Å²) in [5.74, 6) is 0. The molecular formula is C10H9ClN3O+. The van der Waals surface area contributed by atoms with Gasteiger partial charge in [0.15, 0.2) is 0 Å². The van der Waals surface area contributed by atoms with Crippen molar-refractivity contribution in [1.29, 1.82) is 0 Å². The molecule has 0 radical (unpaired) electrons. The van der Waals surface area contributed by atoms with Crippen LogP contribution < -0.4 is 4.68 Å². The van der Waals surface area contributed by atoms with Crippen LogP contribution in [0.4, 0.5) is 0 Å². The lowest BCUT2D eigenvalue weighted by atomic mass is 10.3. The summed E-state index contributed by atoms with van der Waals surface area (Å²) in [4.78, 5) is 15.0. The summed E-state index contributed by atoms with van der Waals surface area (Å²) in [6, 6.07) is 3.70. The topological polar surface area (TPSA) is 49.6 Å². The zero-order valence-corrected chi connectivity index (χ0v) is 8.82. The van der Waals surface area contributed by atoms with E-state index in [0.717, 1.165) is 11.4 Å². The number of carbonyl (C=O) groups excluding carboxylic acids is 1. The van der Waals surface area contributed by atoms with Crippen LogP contribution in [0.3, 0.4) is 0 Å². The number of hydrogen-bond acceptors (Lipinski definition) is 2. The molecule has 0 aliphatic rings. The summed E-state index contributed by atoms with van der Waals surface area (Å²) in [5, 5.41) is 2.55. The van der Waals surface area contributed by atoms with E-state index >= 15 is 0 Å². The van der Waals surface area contributed by atoms with Gasteiger partial charge >= 0.3 is 0 Å². The number of aryl methyl sites for hydroxylation is 1. The summed E-state index contributed by atoms with van der Waals surface area (Å²) in [6.07, 6.45) is 5.04. The fraction of sp³-hybridized carbons (Fsp3) is 0.100. The van der Waals surface area contributed by atoms with E-state index in [4.69, 9.17) is 11.6 Å². The first-order valence-corrected chi connectivity index (χ1v) is 4.78. The number of hydrogen-bond donors (Lipinski definition) is 1. The maximum absolute atomic E-state index is 11.0. The minimum Gasteiger partial charge on any atom is -0.275 e. The van der Waals surface area contributed by atoms with Crippen molar-refractivity contribution in [1.82, 2.24) is 10.1 Å². The minimum atomic E-state index is -0.466. The van der Waals surface area contributed by atoms with Crippen LogP contribution in [0.15, 0.2) is 30.7 Å². The molecule has 0 amide bonds. The van der Waals surface area contributed by atoms with Crippen molar-refractivity contribution in [2.45, 2.75) is 6.92 Å². The van der Waals surface area contributed by atoms with Gasteiger partial charge < -0.3 is 0 Å². The average molecular weight is 223 g/mol. The van der Waals surface area contributed by atoms with Crippen LogP contribution in [0.5, 0.6) is 0 Å². The molecule has 0 unspecified atom stereocenters. The second-order valence-electron chi connectivity index (χ2n) is 3.13. The van der Waals surface area contributed by atoms with Gasteiger partial charge in [-0.25, -0.2) is 0 Å². The molecule has 1 N–H and O–H groups in total. The Balaban J connectivity index is 2.48. The Hall–Kier alpha value is -1.68. The van der Waals surface area contributed by atoms with Gasteiger partial charge in [0.1, 0.15) is 11.8 Å². The number of H-pyrrole nitrogens is 1. The van der Waals surface area contributed by atoms with E-state index in [9.17, 15) is 4.79 Å². The van der Waals surface area contributed by atoms with E-state index in [1.165, 1.54) is 0 Å². The molecule has 0 saturated carbocycles. The van der Waals surface area contributed by atoms with Gasteiger partial charge in [-0.3, -0.25) is 9.78 Å². The van der Waals surface area contributed by atoms with Crippen LogP contribution in [0.25, 0.3) is 5.69 Å². The van der Waals surface area contributed by atoms with Crippen molar-refractivity contribution >= 4 is 16.8 Å². The van der Waals surface area contributed by atoms with Gasteiger partial charge in [-0.2, -0.15) is 5.10 Å². The van der Waals surface area contributed by atoms with E-state index < -0.39 is 5.24 Å². The normalized spacial score (nSPS) is 10.3. The van der Waals surface area contributed by atoms with Crippen LogP contribution in [0, 0.1) is 6.92 Å². The van der Waals surface area contributed by atoms with Gasteiger partial charge in [0.25, 0.3) is 10.9 Å². The predicted octanol–water partition coefficient (Wildman–Crippen LogP) is 1.37. The maximum atomic E-state index is 11.0. The fourth-order valence-corrected chi connectivity index (χ4v) is 1.52. The Morgan fingerprint density at radius 1 is 1.60 bits per heavy atom. The molecule has 2 heterocycles. The van der Waals surface area contributed by atoms with Crippen molar-refractivity contribution in [2.24, 2.45) is 0 Å². The summed E-state index contributed by atoms with van der Waals surface area (Å²) in [7, 11) is 0. The second-order valence-corrected chi connectivity index (χ2v) is 3.48. The lowest BCUT2D eigenvalue weighted by Gasteiger charge is -1.87. The fourth-order valence-electron chi connectivity index (χ4n) is 1.33. The molecule has 0 saturated heterocycles. The van der Waals surface area contributed by atoms with Gasteiger partial charge in [0.05, 0.1) is 5.69 Å². The highest BCUT2D eigenvalue weighted by atomic mass is 35.5. The largest absolute Gasteiger partial charge is 0.275 e. The van der Waals surface area contributed by atoms with Gasteiger partial charge in [-0.1, -0.05) is 4.68 Å². The summed E-state index contributed by atoms with van der Waals surface area (Å²) in [6.45, 7) is 1.79. The number of nitrogens with zero attached hydrogens (tertiary/aromatic N) is 2. The molecule has 2 aromatic heterocycles. The Labute approximate surface area is 91.5 Å². The molecule has 0 aliphatic heterocycles. The number of pyridine rings is 1. The first kappa shape index (κ1) is 9.86. The van der Waals surface area contributed by atoms with Crippen molar-refractivity contribution < 1.29 is 9.48 Å². The first-order chi connectivity index (χ1) is 7.18. The maximum Gasteiger partial charge on any atom is 0.260 e. The number of nitrogens with one attached hydrogen (secondary N) is 1. The number of aromatic amines is 1. The lowest BCUT2D eigenvalue weighted by Crippen LogP contribution is -2.31. The van der Waals surface area contributed by atoms with E-state index in [2.05, 4.69) is 10.1 Å². The smallest absolute Gasteiger partial charge is 0.260 e. The van der Waals surface area contributed by atoms with Crippen LogP contribution in [0.1, 0.15) is 16.1 Å². The lowest BCUT2D eigenvalue weighted by molar-refractivity contribution is -0.656. The van der Waals surface area contributed by atoms with Gasteiger partial charge in [0.2, 0.25) is 6.20 Å². The Bertz CT molecular complexity index is 493. The predicted molar refractivity (Wildman–Crippen MR) is 55.0 cm³/mol. The standard InChI is InChI=1S/C10H8ClN3O/c1-7-9(10(11)15)6-14(13-7)8-3-2-4-12-5-8/h2-6H,1H3/p+1. The monoisotopic (exact) mass is 222 g/mol. The Kier molecular flexibility index (Phi) is 2.51. The van der Waals surface area contributed by atoms with Gasteiger partial charge in [0, 0.05) is 12.3 Å². The molecule has 0 aromatic carbocycles. The average Bonchev–Trinajstić information content (AvgIpc) is 2.62. The third-order valence-electron chi connectivity index (χ3n) is 2.09. The third-order valence-corrected chi connectivity index (χ3v) is 2.29. The molecule has 0 bridgehead atoms. The van der Waals surface area contributed by atoms with Crippen molar-refractivity contribution in [3.8, 4) is 5.69 Å². The highest BCUT2D eigenvalue weighted by Crippen LogP contribution is 2.06. The molecule has 0 atom stereocenters. The SMILES string of the molecule is Cc1[nH][n+](-c2cccnc2)cc1C(=O)Cl. The van der Waals surface area contributed by atoms with E-state index in [1.54, 1.807) is 30.2 Å². The van der Waals surface area contributed by atoms with Crippen LogP contribution in [-0.2, 0) is 0 Å². The Morgan fingerprint density at radius 3 is 2.93 bits per heavy atom. The number of carbonyl (C=O) groups is 1. The van der Waals surface area contributed by atoms with E-state index in [1.807, 2.05) is 12.1 Å². The number of rotatable bonds is 2. The molecule has 15 heavy (non-hydrogen) atoms. The third kappa shape index (κ3) is 1.89.